The molecule has 0 saturated heterocycles. The number of carbonyl (C=O) groups is 1. The number of thiocarbonyl (C=S) groups is 1. The Labute approximate surface area is 113 Å². The standard InChI is InChI=1S/C10H11N7OS/c18-9(6-8-12-16-17-13-8)14-15-10(19)11-7-4-2-1-3-5-7/h1-5H,6H2,(H,14,18)(H2,11,15,19)(H,12,13,16,17). The van der Waals surface area contributed by atoms with E-state index in [-0.39, 0.29) is 17.4 Å². The van der Waals surface area contributed by atoms with Crippen LogP contribution in [0.5, 0.6) is 0 Å². The minimum absolute atomic E-state index is 0.0114. The molecule has 0 spiro atoms. The van der Waals surface area contributed by atoms with E-state index in [1.165, 1.54) is 0 Å². The Morgan fingerprint density at radius 1 is 1.26 bits per heavy atom. The molecule has 0 aliphatic heterocycles. The van der Waals surface area contributed by atoms with Crippen molar-refractivity contribution in [2.75, 3.05) is 5.32 Å². The molecule has 1 aromatic heterocycles. The van der Waals surface area contributed by atoms with Gasteiger partial charge in [0.2, 0.25) is 5.91 Å². The molecular weight excluding hydrogens is 266 g/mol. The van der Waals surface area contributed by atoms with Gasteiger partial charge in [-0.1, -0.05) is 23.4 Å². The van der Waals surface area contributed by atoms with E-state index in [1.807, 2.05) is 30.3 Å². The number of amides is 1. The third-order valence-corrected chi connectivity index (χ3v) is 2.26. The Bertz CT molecular complexity index is 542. The van der Waals surface area contributed by atoms with Crippen molar-refractivity contribution < 1.29 is 4.79 Å². The van der Waals surface area contributed by atoms with Gasteiger partial charge in [0.05, 0.1) is 6.42 Å². The molecule has 1 amide bonds. The zero-order valence-corrected chi connectivity index (χ0v) is 10.6. The molecule has 0 aliphatic rings. The summed E-state index contributed by atoms with van der Waals surface area (Å²) in [6.45, 7) is 0. The molecule has 1 aromatic carbocycles. The van der Waals surface area contributed by atoms with Crippen molar-refractivity contribution in [3.8, 4) is 0 Å². The molecule has 2 aromatic rings. The maximum atomic E-state index is 11.5. The fourth-order valence-corrected chi connectivity index (χ4v) is 1.42. The minimum atomic E-state index is -0.321. The Balaban J connectivity index is 1.73. The van der Waals surface area contributed by atoms with Crippen molar-refractivity contribution in [1.82, 2.24) is 31.5 Å². The normalized spacial score (nSPS) is 9.68. The molecule has 9 heteroatoms. The van der Waals surface area contributed by atoms with Gasteiger partial charge >= 0.3 is 0 Å². The Morgan fingerprint density at radius 2 is 2.05 bits per heavy atom. The first-order valence-electron chi connectivity index (χ1n) is 5.37. The fourth-order valence-electron chi connectivity index (χ4n) is 1.26. The van der Waals surface area contributed by atoms with Crippen LogP contribution in [0.3, 0.4) is 0 Å². The van der Waals surface area contributed by atoms with Crippen LogP contribution in [0.15, 0.2) is 30.3 Å². The summed E-state index contributed by atoms with van der Waals surface area (Å²) in [4.78, 5) is 11.5. The second kappa shape index (κ2) is 6.40. The van der Waals surface area contributed by atoms with Crippen molar-refractivity contribution in [3.05, 3.63) is 36.2 Å². The Morgan fingerprint density at radius 3 is 2.74 bits per heavy atom. The van der Waals surface area contributed by atoms with Crippen LogP contribution in [0.1, 0.15) is 5.82 Å². The van der Waals surface area contributed by atoms with Gasteiger partial charge < -0.3 is 5.32 Å². The lowest BCUT2D eigenvalue weighted by atomic mass is 10.3. The number of para-hydroxylation sites is 1. The number of nitrogens with one attached hydrogen (secondary N) is 4. The molecular formula is C10H11N7OS. The second-order valence-corrected chi connectivity index (χ2v) is 3.91. The quantitative estimate of drug-likeness (QED) is 0.453. The highest BCUT2D eigenvalue weighted by atomic mass is 32.1. The minimum Gasteiger partial charge on any atom is -0.331 e. The highest BCUT2D eigenvalue weighted by molar-refractivity contribution is 7.80. The smallest absolute Gasteiger partial charge is 0.246 e. The molecule has 0 unspecified atom stereocenters. The Kier molecular flexibility index (Phi) is 4.34. The lowest BCUT2D eigenvalue weighted by Crippen LogP contribution is -2.44. The highest BCUT2D eigenvalue weighted by Crippen LogP contribution is 2.03. The van der Waals surface area contributed by atoms with E-state index < -0.39 is 0 Å². The van der Waals surface area contributed by atoms with Gasteiger partial charge in [0.15, 0.2) is 10.9 Å². The topological polar surface area (TPSA) is 108 Å². The predicted molar refractivity (Wildman–Crippen MR) is 71.8 cm³/mol. The monoisotopic (exact) mass is 277 g/mol. The van der Waals surface area contributed by atoms with Gasteiger partial charge in [-0.15, -0.1) is 10.2 Å². The lowest BCUT2D eigenvalue weighted by Gasteiger charge is -2.10. The fraction of sp³-hybridized carbons (Fsp3) is 0.100. The molecule has 98 valence electrons. The molecule has 4 N–H and O–H groups in total. The largest absolute Gasteiger partial charge is 0.331 e. The average molecular weight is 277 g/mol. The van der Waals surface area contributed by atoms with E-state index in [0.29, 0.717) is 5.82 Å². The number of rotatable bonds is 3. The van der Waals surface area contributed by atoms with Crippen LogP contribution in [0.25, 0.3) is 0 Å². The first-order chi connectivity index (χ1) is 9.24. The van der Waals surface area contributed by atoms with Gasteiger partial charge in [-0.25, -0.2) is 0 Å². The maximum absolute atomic E-state index is 11.5. The number of aromatic nitrogens is 4. The molecule has 2 rings (SSSR count). The SMILES string of the molecule is O=C(Cc1nn[nH]n1)NNC(=S)Nc1ccccc1. The van der Waals surface area contributed by atoms with Gasteiger partial charge in [-0.2, -0.15) is 5.21 Å². The summed E-state index contributed by atoms with van der Waals surface area (Å²) >= 11 is 5.02. The van der Waals surface area contributed by atoms with Crippen molar-refractivity contribution >= 4 is 28.9 Å². The zero-order valence-electron chi connectivity index (χ0n) is 9.75. The highest BCUT2D eigenvalue weighted by Gasteiger charge is 2.07. The van der Waals surface area contributed by atoms with E-state index in [4.69, 9.17) is 12.2 Å². The molecule has 0 radical (unpaired) electrons. The van der Waals surface area contributed by atoms with E-state index in [0.717, 1.165) is 5.69 Å². The third kappa shape index (κ3) is 4.32. The molecule has 0 fully saturated rings. The number of hydrogen-bond acceptors (Lipinski definition) is 5. The van der Waals surface area contributed by atoms with Gasteiger partial charge in [-0.3, -0.25) is 15.6 Å². The van der Waals surface area contributed by atoms with Crippen LogP contribution in [-0.2, 0) is 11.2 Å². The van der Waals surface area contributed by atoms with Gasteiger partial charge in [0.25, 0.3) is 0 Å². The van der Waals surface area contributed by atoms with E-state index >= 15 is 0 Å². The zero-order chi connectivity index (χ0) is 13.5. The number of aromatic amines is 1. The van der Waals surface area contributed by atoms with Gasteiger partial charge in [0.1, 0.15) is 0 Å². The number of tetrazole rings is 1. The van der Waals surface area contributed by atoms with Gasteiger partial charge in [-0.05, 0) is 24.4 Å². The van der Waals surface area contributed by atoms with E-state index in [1.54, 1.807) is 0 Å². The number of carbonyl (C=O) groups excluding carboxylic acids is 1. The summed E-state index contributed by atoms with van der Waals surface area (Å²) < 4.78 is 0. The number of H-pyrrole nitrogens is 1. The number of nitrogens with zero attached hydrogens (tertiary/aromatic N) is 3. The third-order valence-electron chi connectivity index (χ3n) is 2.05. The summed E-state index contributed by atoms with van der Waals surface area (Å²) in [5.74, 6) is -0.0140. The number of anilines is 1. The number of hydrogen-bond donors (Lipinski definition) is 4. The molecule has 0 aliphatic carbocycles. The van der Waals surface area contributed by atoms with Crippen molar-refractivity contribution in [2.24, 2.45) is 0 Å². The number of benzene rings is 1. The predicted octanol–water partition coefficient (Wildman–Crippen LogP) is -0.240. The molecule has 19 heavy (non-hydrogen) atoms. The summed E-state index contributed by atoms with van der Waals surface area (Å²) in [6.07, 6.45) is 0.0114. The summed E-state index contributed by atoms with van der Waals surface area (Å²) in [5.41, 5.74) is 5.83. The van der Waals surface area contributed by atoms with Crippen LogP contribution >= 0.6 is 12.2 Å². The van der Waals surface area contributed by atoms with Crippen molar-refractivity contribution in [2.45, 2.75) is 6.42 Å². The first-order valence-corrected chi connectivity index (χ1v) is 5.78. The van der Waals surface area contributed by atoms with Crippen LogP contribution in [0, 0.1) is 0 Å². The van der Waals surface area contributed by atoms with E-state index in [9.17, 15) is 4.79 Å². The maximum Gasteiger partial charge on any atom is 0.246 e. The molecule has 0 saturated carbocycles. The number of hydrazine groups is 1. The van der Waals surface area contributed by atoms with Crippen LogP contribution in [0.2, 0.25) is 0 Å². The van der Waals surface area contributed by atoms with Crippen LogP contribution in [0.4, 0.5) is 5.69 Å². The summed E-state index contributed by atoms with van der Waals surface area (Å²) in [5, 5.41) is 16.1. The molecule has 0 bridgehead atoms. The first kappa shape index (κ1) is 12.9. The van der Waals surface area contributed by atoms with Crippen LogP contribution < -0.4 is 16.2 Å². The summed E-state index contributed by atoms with van der Waals surface area (Å²) in [7, 11) is 0. The molecule has 0 atom stereocenters. The molecule has 8 nitrogen and oxygen atoms in total. The van der Waals surface area contributed by atoms with E-state index in [2.05, 4.69) is 36.8 Å². The average Bonchev–Trinajstić information content (AvgIpc) is 2.90. The lowest BCUT2D eigenvalue weighted by molar-refractivity contribution is -0.121. The van der Waals surface area contributed by atoms with Crippen molar-refractivity contribution in [1.29, 1.82) is 0 Å². The molecule has 1 heterocycles. The second-order valence-electron chi connectivity index (χ2n) is 3.50. The summed E-state index contributed by atoms with van der Waals surface area (Å²) in [6, 6.07) is 9.36. The van der Waals surface area contributed by atoms with Crippen LogP contribution in [-0.4, -0.2) is 31.6 Å². The van der Waals surface area contributed by atoms with Gasteiger partial charge in [0, 0.05) is 5.69 Å². The Hall–Kier alpha value is -2.55. The van der Waals surface area contributed by atoms with Crippen molar-refractivity contribution in [3.63, 3.8) is 0 Å².